The zero-order valence-corrected chi connectivity index (χ0v) is 18.4. The normalized spacial score (nSPS) is 12.2. The highest BCUT2D eigenvalue weighted by molar-refractivity contribution is 6.02. The number of aromatic nitrogens is 2. The van der Waals surface area contributed by atoms with Gasteiger partial charge in [-0.25, -0.2) is 4.79 Å². The molecule has 0 aliphatic rings. The summed E-state index contributed by atoms with van der Waals surface area (Å²) in [7, 11) is 1.65. The Hall–Kier alpha value is -2.99. The van der Waals surface area contributed by atoms with Gasteiger partial charge in [-0.05, 0) is 52.3 Å². The molecule has 2 aromatic heterocycles. The topological polar surface area (TPSA) is 70.4 Å². The Morgan fingerprint density at radius 3 is 2.53 bits per heavy atom. The number of hydrogen-bond acceptors (Lipinski definition) is 5. The molecule has 3 rings (SSSR count). The molecular formula is C24H28N2O4. The van der Waals surface area contributed by atoms with Gasteiger partial charge in [-0.3, -0.25) is 9.78 Å². The highest BCUT2D eigenvalue weighted by Gasteiger charge is 2.22. The molecule has 6 nitrogen and oxygen atoms in total. The van der Waals surface area contributed by atoms with Crippen LogP contribution in [-0.2, 0) is 9.47 Å². The number of ether oxygens (including phenoxy) is 2. The molecule has 0 amide bonds. The Balaban J connectivity index is 1.80. The first kappa shape index (κ1) is 21.7. The zero-order chi connectivity index (χ0) is 22.0. The van der Waals surface area contributed by atoms with Crippen LogP contribution in [0.4, 0.5) is 0 Å². The minimum absolute atomic E-state index is 0.105. The highest BCUT2D eigenvalue weighted by Crippen LogP contribution is 2.24. The molecule has 0 N–H and O–H groups in total. The molecule has 0 fully saturated rings. The molecular weight excluding hydrogens is 380 g/mol. The van der Waals surface area contributed by atoms with Crippen molar-refractivity contribution < 1.29 is 19.1 Å². The van der Waals surface area contributed by atoms with Crippen molar-refractivity contribution in [1.82, 2.24) is 9.55 Å². The molecule has 2 heterocycles. The Morgan fingerprint density at radius 1 is 1.13 bits per heavy atom. The van der Waals surface area contributed by atoms with Gasteiger partial charge in [0, 0.05) is 29.4 Å². The first-order chi connectivity index (χ1) is 14.3. The van der Waals surface area contributed by atoms with E-state index in [4.69, 9.17) is 9.47 Å². The van der Waals surface area contributed by atoms with Gasteiger partial charge in [0.05, 0.1) is 29.4 Å². The van der Waals surface area contributed by atoms with Crippen molar-refractivity contribution in [1.29, 1.82) is 0 Å². The molecule has 1 atom stereocenters. The maximum absolute atomic E-state index is 12.8. The van der Waals surface area contributed by atoms with Gasteiger partial charge in [0.25, 0.3) is 0 Å². The summed E-state index contributed by atoms with van der Waals surface area (Å²) < 4.78 is 12.7. The summed E-state index contributed by atoms with van der Waals surface area (Å²) in [5.41, 5.74) is 5.03. The first-order valence-corrected chi connectivity index (χ1v) is 9.99. The number of hydrogen-bond donors (Lipinski definition) is 0. The Labute approximate surface area is 176 Å². The molecule has 1 aromatic carbocycles. The summed E-state index contributed by atoms with van der Waals surface area (Å²) in [6.45, 7) is 9.78. The maximum atomic E-state index is 12.8. The lowest BCUT2D eigenvalue weighted by Crippen LogP contribution is -2.18. The molecule has 0 bridgehead atoms. The van der Waals surface area contributed by atoms with Crippen LogP contribution in [0, 0.1) is 27.7 Å². The summed E-state index contributed by atoms with van der Waals surface area (Å²) >= 11 is 0. The van der Waals surface area contributed by atoms with Crippen molar-refractivity contribution in [3.05, 3.63) is 64.1 Å². The maximum Gasteiger partial charge on any atom is 0.340 e. The zero-order valence-electron chi connectivity index (χ0n) is 18.4. The van der Waals surface area contributed by atoms with Crippen molar-refractivity contribution in [3.63, 3.8) is 0 Å². The van der Waals surface area contributed by atoms with Crippen LogP contribution in [0.15, 0.2) is 30.3 Å². The minimum atomic E-state index is -0.529. The largest absolute Gasteiger partial charge is 0.454 e. The van der Waals surface area contributed by atoms with Gasteiger partial charge in [-0.15, -0.1) is 0 Å². The average molecular weight is 408 g/mol. The second-order valence-electron chi connectivity index (χ2n) is 7.67. The summed E-state index contributed by atoms with van der Waals surface area (Å²) in [5, 5.41) is 0.900. The van der Waals surface area contributed by atoms with E-state index in [1.165, 1.54) is 0 Å². The number of pyridine rings is 1. The SMILES string of the molecule is COC[C@H](C)n1c(C)cc(C(=O)COC(=O)c2c(C)nc3ccccc3c2C)c1C. The van der Waals surface area contributed by atoms with Gasteiger partial charge in [0.1, 0.15) is 0 Å². The number of para-hydroxylation sites is 1. The molecule has 6 heteroatoms. The van der Waals surface area contributed by atoms with Crippen molar-refractivity contribution in [3.8, 4) is 0 Å². The van der Waals surface area contributed by atoms with E-state index >= 15 is 0 Å². The van der Waals surface area contributed by atoms with Gasteiger partial charge in [-0.1, -0.05) is 18.2 Å². The van der Waals surface area contributed by atoms with Crippen molar-refractivity contribution in [2.75, 3.05) is 20.3 Å². The van der Waals surface area contributed by atoms with Crippen LogP contribution in [0.1, 0.15) is 56.3 Å². The van der Waals surface area contributed by atoms with E-state index < -0.39 is 5.97 Å². The fourth-order valence-electron chi connectivity index (χ4n) is 4.17. The minimum Gasteiger partial charge on any atom is -0.454 e. The third-order valence-electron chi connectivity index (χ3n) is 5.50. The summed E-state index contributed by atoms with van der Waals surface area (Å²) in [4.78, 5) is 30.1. The molecule has 0 saturated heterocycles. The lowest BCUT2D eigenvalue weighted by atomic mass is 10.0. The Kier molecular flexibility index (Phi) is 6.37. The lowest BCUT2D eigenvalue weighted by molar-refractivity contribution is 0.0472. The van der Waals surface area contributed by atoms with Crippen LogP contribution in [-0.4, -0.2) is 41.6 Å². The lowest BCUT2D eigenvalue weighted by Gasteiger charge is -2.17. The number of aryl methyl sites for hydroxylation is 3. The molecule has 0 aliphatic heterocycles. The van der Waals surface area contributed by atoms with E-state index in [0.717, 1.165) is 27.9 Å². The second kappa shape index (κ2) is 8.79. The first-order valence-electron chi connectivity index (χ1n) is 9.99. The van der Waals surface area contributed by atoms with Gasteiger partial charge >= 0.3 is 5.97 Å². The van der Waals surface area contributed by atoms with Crippen molar-refractivity contribution in [2.45, 2.75) is 40.7 Å². The number of methoxy groups -OCH3 is 1. The third kappa shape index (κ3) is 4.00. The molecule has 0 aliphatic carbocycles. The van der Waals surface area contributed by atoms with Crippen LogP contribution < -0.4 is 0 Å². The smallest absolute Gasteiger partial charge is 0.340 e. The molecule has 3 aromatic rings. The average Bonchev–Trinajstić information content (AvgIpc) is 3.00. The van der Waals surface area contributed by atoms with Crippen LogP contribution in [0.2, 0.25) is 0 Å². The van der Waals surface area contributed by atoms with Crippen LogP contribution >= 0.6 is 0 Å². The fraction of sp³-hybridized carbons (Fsp3) is 0.375. The number of carbonyl (C=O) groups excluding carboxylic acids is 2. The predicted octanol–water partition coefficient (Wildman–Crippen LogP) is 4.52. The summed E-state index contributed by atoms with van der Waals surface area (Å²) in [5.74, 6) is -0.755. The van der Waals surface area contributed by atoms with E-state index in [9.17, 15) is 9.59 Å². The van der Waals surface area contributed by atoms with E-state index in [0.29, 0.717) is 23.4 Å². The molecule has 0 saturated carbocycles. The number of Topliss-reactive ketones (excluding diaryl/α,β-unsaturated/α-hetero) is 1. The van der Waals surface area contributed by atoms with Crippen LogP contribution in [0.25, 0.3) is 10.9 Å². The number of nitrogens with zero attached hydrogens (tertiary/aromatic N) is 2. The predicted molar refractivity (Wildman–Crippen MR) is 116 cm³/mol. The fourth-order valence-corrected chi connectivity index (χ4v) is 4.17. The molecule has 30 heavy (non-hydrogen) atoms. The number of esters is 1. The van der Waals surface area contributed by atoms with E-state index in [-0.39, 0.29) is 18.4 Å². The highest BCUT2D eigenvalue weighted by atomic mass is 16.5. The number of rotatable bonds is 7. The third-order valence-corrected chi connectivity index (χ3v) is 5.50. The quantitative estimate of drug-likeness (QED) is 0.425. The molecule has 158 valence electrons. The van der Waals surface area contributed by atoms with Gasteiger partial charge in [0.15, 0.2) is 6.61 Å². The van der Waals surface area contributed by atoms with Gasteiger partial charge in [0.2, 0.25) is 5.78 Å². The Bertz CT molecular complexity index is 1110. The van der Waals surface area contributed by atoms with E-state index in [1.807, 2.05) is 58.0 Å². The molecule has 0 unspecified atom stereocenters. The number of benzene rings is 1. The second-order valence-corrected chi connectivity index (χ2v) is 7.67. The standard InChI is InChI=1S/C24H28N2O4/c1-14-11-20(18(5)26(14)15(2)12-29-6)22(27)13-30-24(28)23-16(3)19-9-7-8-10-21(19)25-17(23)4/h7-11,15H,12-13H2,1-6H3/t15-/m0/s1. The molecule has 0 radical (unpaired) electrons. The van der Waals surface area contributed by atoms with Crippen molar-refractivity contribution in [2.24, 2.45) is 0 Å². The number of ketones is 1. The molecule has 0 spiro atoms. The van der Waals surface area contributed by atoms with Crippen LogP contribution in [0.5, 0.6) is 0 Å². The Morgan fingerprint density at radius 2 is 1.83 bits per heavy atom. The monoisotopic (exact) mass is 408 g/mol. The van der Waals surface area contributed by atoms with E-state index in [1.54, 1.807) is 14.0 Å². The van der Waals surface area contributed by atoms with Gasteiger partial charge in [-0.2, -0.15) is 0 Å². The number of carbonyl (C=O) groups is 2. The van der Waals surface area contributed by atoms with Crippen molar-refractivity contribution >= 4 is 22.7 Å². The number of fused-ring (bicyclic) bond motifs is 1. The summed E-state index contributed by atoms with van der Waals surface area (Å²) in [6.07, 6.45) is 0. The van der Waals surface area contributed by atoms with E-state index in [2.05, 4.69) is 9.55 Å². The van der Waals surface area contributed by atoms with Crippen LogP contribution in [0.3, 0.4) is 0 Å². The van der Waals surface area contributed by atoms with Gasteiger partial charge < -0.3 is 14.0 Å². The summed E-state index contributed by atoms with van der Waals surface area (Å²) in [6, 6.07) is 9.60.